The Hall–Kier alpha value is 0.350. The molecule has 0 saturated heterocycles. The van der Waals surface area contributed by atoms with E-state index in [1.807, 2.05) is 6.07 Å². The Balaban J connectivity index is 2.13. The standard InChI is InChI=1S/C11H8BrClINS/c12-9(8-4-11(14)16-6-8)3-7-1-2-15-5-10(7)13/h1-2,4-6,9H,3H2. The van der Waals surface area contributed by atoms with E-state index in [9.17, 15) is 0 Å². The molecule has 0 aliphatic carbocycles. The van der Waals surface area contributed by atoms with E-state index in [0.29, 0.717) is 4.83 Å². The average Bonchev–Trinajstić information content (AvgIpc) is 2.68. The number of rotatable bonds is 3. The molecule has 2 rings (SSSR count). The highest BCUT2D eigenvalue weighted by molar-refractivity contribution is 14.1. The summed E-state index contributed by atoms with van der Waals surface area (Å²) in [7, 11) is 0. The van der Waals surface area contributed by atoms with Crippen LogP contribution in [0.4, 0.5) is 0 Å². The molecule has 0 amide bonds. The van der Waals surface area contributed by atoms with Gasteiger partial charge in [0.15, 0.2) is 0 Å². The maximum absolute atomic E-state index is 6.08. The zero-order chi connectivity index (χ0) is 11.5. The van der Waals surface area contributed by atoms with Crippen molar-refractivity contribution in [2.75, 3.05) is 0 Å². The molecule has 0 radical (unpaired) electrons. The molecule has 1 unspecified atom stereocenters. The van der Waals surface area contributed by atoms with Gasteiger partial charge >= 0.3 is 0 Å². The molecule has 84 valence electrons. The van der Waals surface area contributed by atoms with Crippen molar-refractivity contribution in [3.63, 3.8) is 0 Å². The number of halogens is 3. The van der Waals surface area contributed by atoms with E-state index in [1.54, 1.807) is 23.7 Å². The van der Waals surface area contributed by atoms with Crippen LogP contribution >= 0.6 is 61.5 Å². The summed E-state index contributed by atoms with van der Waals surface area (Å²) in [5, 5.41) is 2.91. The van der Waals surface area contributed by atoms with Gasteiger partial charge in [-0.3, -0.25) is 4.98 Å². The fourth-order valence-corrected chi connectivity index (χ4v) is 3.78. The topological polar surface area (TPSA) is 12.9 Å². The van der Waals surface area contributed by atoms with E-state index in [4.69, 9.17) is 11.6 Å². The number of hydrogen-bond donors (Lipinski definition) is 0. The first-order chi connectivity index (χ1) is 7.66. The van der Waals surface area contributed by atoms with Crippen LogP contribution in [0.25, 0.3) is 0 Å². The Bertz CT molecular complexity index is 488. The van der Waals surface area contributed by atoms with Crippen LogP contribution in [0.3, 0.4) is 0 Å². The molecule has 0 N–H and O–H groups in total. The SMILES string of the molecule is Clc1cnccc1CC(Br)c1csc(I)c1. The predicted octanol–water partition coefficient (Wildman–Crippen LogP) is 5.08. The molecule has 1 nitrogen and oxygen atoms in total. The number of alkyl halides is 1. The van der Waals surface area contributed by atoms with Crippen molar-refractivity contribution in [2.45, 2.75) is 11.2 Å². The van der Waals surface area contributed by atoms with Crippen LogP contribution in [-0.2, 0) is 6.42 Å². The molecule has 0 bridgehead atoms. The van der Waals surface area contributed by atoms with Gasteiger partial charge in [-0.1, -0.05) is 27.5 Å². The van der Waals surface area contributed by atoms with Gasteiger partial charge in [0.1, 0.15) is 0 Å². The molecular weight excluding hydrogens is 420 g/mol. The van der Waals surface area contributed by atoms with Crippen molar-refractivity contribution in [3.8, 4) is 0 Å². The van der Waals surface area contributed by atoms with Crippen molar-refractivity contribution in [3.05, 3.63) is 48.9 Å². The minimum atomic E-state index is 0.312. The second-order valence-corrected chi connectivity index (χ2v) is 7.64. The quantitative estimate of drug-likeness (QED) is 0.491. The van der Waals surface area contributed by atoms with Gasteiger partial charge in [-0.25, -0.2) is 0 Å². The van der Waals surface area contributed by atoms with Crippen molar-refractivity contribution >= 4 is 61.5 Å². The molecule has 0 aromatic carbocycles. The minimum Gasteiger partial charge on any atom is -0.263 e. The smallest absolute Gasteiger partial charge is 0.0656 e. The number of aromatic nitrogens is 1. The first-order valence-electron chi connectivity index (χ1n) is 4.63. The van der Waals surface area contributed by atoms with E-state index in [-0.39, 0.29) is 0 Å². The van der Waals surface area contributed by atoms with E-state index in [0.717, 1.165) is 17.0 Å². The van der Waals surface area contributed by atoms with Gasteiger partial charge in [-0.05, 0) is 57.7 Å². The number of thiophene rings is 1. The summed E-state index contributed by atoms with van der Waals surface area (Å²) in [6.45, 7) is 0. The zero-order valence-corrected chi connectivity index (χ0v) is 13.5. The van der Waals surface area contributed by atoms with E-state index in [2.05, 4.69) is 55.0 Å². The molecule has 0 aliphatic rings. The molecule has 0 aliphatic heterocycles. The van der Waals surface area contributed by atoms with Crippen LogP contribution in [0, 0.1) is 2.88 Å². The van der Waals surface area contributed by atoms with Crippen molar-refractivity contribution in [2.24, 2.45) is 0 Å². The van der Waals surface area contributed by atoms with Crippen LogP contribution in [0.2, 0.25) is 5.02 Å². The maximum atomic E-state index is 6.08. The van der Waals surface area contributed by atoms with Crippen LogP contribution < -0.4 is 0 Å². The molecule has 0 fully saturated rings. The molecule has 1 atom stereocenters. The van der Waals surface area contributed by atoms with Gasteiger partial charge in [0.2, 0.25) is 0 Å². The molecule has 5 heteroatoms. The lowest BCUT2D eigenvalue weighted by Gasteiger charge is -2.08. The van der Waals surface area contributed by atoms with Crippen LogP contribution in [0.5, 0.6) is 0 Å². The van der Waals surface area contributed by atoms with E-state index in [1.165, 1.54) is 8.45 Å². The Morgan fingerprint density at radius 2 is 2.38 bits per heavy atom. The summed E-state index contributed by atoms with van der Waals surface area (Å²) >= 11 is 13.9. The highest BCUT2D eigenvalue weighted by Crippen LogP contribution is 2.32. The zero-order valence-electron chi connectivity index (χ0n) is 8.16. The van der Waals surface area contributed by atoms with Crippen molar-refractivity contribution < 1.29 is 0 Å². The summed E-state index contributed by atoms with van der Waals surface area (Å²) in [5.74, 6) is 0. The van der Waals surface area contributed by atoms with E-state index < -0.39 is 0 Å². The van der Waals surface area contributed by atoms with Gasteiger partial charge in [0.25, 0.3) is 0 Å². The van der Waals surface area contributed by atoms with Crippen molar-refractivity contribution in [1.82, 2.24) is 4.98 Å². The van der Waals surface area contributed by atoms with Gasteiger partial charge in [0, 0.05) is 17.2 Å². The number of pyridine rings is 1. The second kappa shape index (κ2) is 5.80. The molecular formula is C11H8BrClINS. The molecule has 0 saturated carbocycles. The second-order valence-electron chi connectivity index (χ2n) is 3.32. The minimum absolute atomic E-state index is 0.312. The molecule has 16 heavy (non-hydrogen) atoms. The largest absolute Gasteiger partial charge is 0.263 e. The lowest BCUT2D eigenvalue weighted by Crippen LogP contribution is -1.95. The normalized spacial score (nSPS) is 12.7. The third kappa shape index (κ3) is 3.18. The highest BCUT2D eigenvalue weighted by atomic mass is 127. The summed E-state index contributed by atoms with van der Waals surface area (Å²) < 4.78 is 1.30. The molecule has 2 aromatic heterocycles. The Morgan fingerprint density at radius 3 is 3.00 bits per heavy atom. The number of nitrogens with zero attached hydrogens (tertiary/aromatic N) is 1. The third-order valence-corrected chi connectivity index (χ3v) is 5.20. The summed E-state index contributed by atoms with van der Waals surface area (Å²) in [6.07, 6.45) is 4.35. The average molecular weight is 429 g/mol. The Labute approximate surface area is 126 Å². The first kappa shape index (κ1) is 12.8. The molecule has 0 spiro atoms. The summed E-state index contributed by atoms with van der Waals surface area (Å²) in [4.78, 5) is 4.29. The lowest BCUT2D eigenvalue weighted by atomic mass is 10.1. The predicted molar refractivity (Wildman–Crippen MR) is 81.7 cm³/mol. The fraction of sp³-hybridized carbons (Fsp3) is 0.182. The van der Waals surface area contributed by atoms with Gasteiger partial charge in [0.05, 0.1) is 7.91 Å². The first-order valence-corrected chi connectivity index (χ1v) is 7.88. The van der Waals surface area contributed by atoms with Gasteiger partial charge in [-0.15, -0.1) is 11.3 Å². The van der Waals surface area contributed by atoms with Gasteiger partial charge in [-0.2, -0.15) is 0 Å². The molecule has 2 aromatic rings. The molecule has 2 heterocycles. The lowest BCUT2D eigenvalue weighted by molar-refractivity contribution is 0.949. The maximum Gasteiger partial charge on any atom is 0.0656 e. The Morgan fingerprint density at radius 1 is 1.56 bits per heavy atom. The summed E-state index contributed by atoms with van der Waals surface area (Å²) in [6, 6.07) is 4.16. The number of hydrogen-bond acceptors (Lipinski definition) is 2. The Kier molecular flexibility index (Phi) is 4.64. The van der Waals surface area contributed by atoms with Crippen LogP contribution in [-0.4, -0.2) is 4.98 Å². The van der Waals surface area contributed by atoms with Crippen LogP contribution in [0.15, 0.2) is 29.9 Å². The van der Waals surface area contributed by atoms with E-state index >= 15 is 0 Å². The fourth-order valence-electron chi connectivity index (χ4n) is 1.37. The summed E-state index contributed by atoms with van der Waals surface area (Å²) in [5.41, 5.74) is 2.43. The van der Waals surface area contributed by atoms with Gasteiger partial charge < -0.3 is 0 Å². The van der Waals surface area contributed by atoms with Crippen molar-refractivity contribution in [1.29, 1.82) is 0 Å². The third-order valence-electron chi connectivity index (χ3n) is 2.20. The highest BCUT2D eigenvalue weighted by Gasteiger charge is 2.12. The monoisotopic (exact) mass is 427 g/mol. The van der Waals surface area contributed by atoms with Crippen LogP contribution in [0.1, 0.15) is 16.0 Å².